The van der Waals surface area contributed by atoms with Crippen molar-refractivity contribution in [2.24, 2.45) is 0 Å². The standard InChI is InChI=1S/C18H25NO4/c1-2-23-17-8-7-14(18(21)22)13-15(17)16(20)9-12-19-10-5-3-4-6-11-19/h7-8,13H,2-6,9-12H2,1H3,(H,21,22). The molecule has 1 saturated heterocycles. The van der Waals surface area contributed by atoms with Gasteiger partial charge in [-0.25, -0.2) is 4.79 Å². The van der Waals surface area contributed by atoms with Gasteiger partial charge in [-0.1, -0.05) is 12.8 Å². The Bertz CT molecular complexity index is 548. The number of ether oxygens (including phenoxy) is 1. The van der Waals surface area contributed by atoms with Crippen LogP contribution in [0.1, 0.15) is 59.7 Å². The van der Waals surface area contributed by atoms with Crippen LogP contribution in [0.5, 0.6) is 5.75 Å². The fraction of sp³-hybridized carbons (Fsp3) is 0.556. The molecule has 1 fully saturated rings. The molecule has 0 unspecified atom stereocenters. The highest BCUT2D eigenvalue weighted by molar-refractivity contribution is 6.01. The summed E-state index contributed by atoms with van der Waals surface area (Å²) in [6.07, 6.45) is 5.29. The van der Waals surface area contributed by atoms with Crippen LogP contribution < -0.4 is 4.74 Å². The highest BCUT2D eigenvalue weighted by Crippen LogP contribution is 2.22. The maximum Gasteiger partial charge on any atom is 0.335 e. The van der Waals surface area contributed by atoms with Crippen molar-refractivity contribution in [3.05, 3.63) is 29.3 Å². The molecule has 0 aliphatic carbocycles. The third-order valence-electron chi connectivity index (χ3n) is 4.18. The first-order valence-electron chi connectivity index (χ1n) is 8.37. The number of hydrogen-bond donors (Lipinski definition) is 1. The molecule has 0 atom stereocenters. The summed E-state index contributed by atoms with van der Waals surface area (Å²) in [5, 5.41) is 9.12. The van der Waals surface area contributed by atoms with E-state index in [0.29, 0.717) is 24.3 Å². The van der Waals surface area contributed by atoms with Gasteiger partial charge in [0.15, 0.2) is 5.78 Å². The molecule has 0 bridgehead atoms. The summed E-state index contributed by atoms with van der Waals surface area (Å²) in [6, 6.07) is 4.48. The minimum atomic E-state index is -1.03. The Morgan fingerprint density at radius 1 is 1.17 bits per heavy atom. The predicted octanol–water partition coefficient (Wildman–Crippen LogP) is 3.23. The molecule has 0 radical (unpaired) electrons. The van der Waals surface area contributed by atoms with E-state index in [2.05, 4.69) is 4.90 Å². The number of carbonyl (C=O) groups excluding carboxylic acids is 1. The number of benzene rings is 1. The van der Waals surface area contributed by atoms with Crippen LogP contribution >= 0.6 is 0 Å². The van der Waals surface area contributed by atoms with E-state index in [1.807, 2.05) is 6.92 Å². The molecule has 1 aliphatic rings. The summed E-state index contributed by atoms with van der Waals surface area (Å²) >= 11 is 0. The minimum Gasteiger partial charge on any atom is -0.493 e. The fourth-order valence-corrected chi connectivity index (χ4v) is 2.92. The second-order valence-corrected chi connectivity index (χ2v) is 5.88. The number of carboxylic acids is 1. The zero-order chi connectivity index (χ0) is 16.7. The molecule has 126 valence electrons. The first-order valence-corrected chi connectivity index (χ1v) is 8.37. The third kappa shape index (κ3) is 5.06. The van der Waals surface area contributed by atoms with Crippen molar-refractivity contribution >= 4 is 11.8 Å². The van der Waals surface area contributed by atoms with Gasteiger partial charge in [0, 0.05) is 13.0 Å². The Kier molecular flexibility index (Phi) is 6.59. The van der Waals surface area contributed by atoms with Gasteiger partial charge in [0.2, 0.25) is 0 Å². The molecule has 1 heterocycles. The number of rotatable bonds is 7. The van der Waals surface area contributed by atoms with Crippen LogP contribution in [-0.4, -0.2) is 48.0 Å². The molecule has 1 N–H and O–H groups in total. The number of carbonyl (C=O) groups is 2. The number of nitrogens with zero attached hydrogens (tertiary/aromatic N) is 1. The van der Waals surface area contributed by atoms with Crippen LogP contribution in [0, 0.1) is 0 Å². The summed E-state index contributed by atoms with van der Waals surface area (Å²) in [5.41, 5.74) is 0.494. The molecule has 0 saturated carbocycles. The first kappa shape index (κ1) is 17.5. The van der Waals surface area contributed by atoms with Crippen LogP contribution in [-0.2, 0) is 0 Å². The van der Waals surface area contributed by atoms with Gasteiger partial charge in [-0.05, 0) is 51.1 Å². The van der Waals surface area contributed by atoms with Gasteiger partial charge in [0.1, 0.15) is 5.75 Å². The molecular weight excluding hydrogens is 294 g/mol. The SMILES string of the molecule is CCOc1ccc(C(=O)O)cc1C(=O)CCN1CCCCCC1. The van der Waals surface area contributed by atoms with Crippen molar-refractivity contribution < 1.29 is 19.4 Å². The maximum atomic E-state index is 12.5. The lowest BCUT2D eigenvalue weighted by atomic mass is 10.0. The lowest BCUT2D eigenvalue weighted by molar-refractivity contribution is 0.0697. The molecule has 23 heavy (non-hydrogen) atoms. The Morgan fingerprint density at radius 3 is 2.48 bits per heavy atom. The van der Waals surface area contributed by atoms with Crippen molar-refractivity contribution in [3.8, 4) is 5.75 Å². The lowest BCUT2D eigenvalue weighted by Gasteiger charge is -2.19. The van der Waals surface area contributed by atoms with E-state index < -0.39 is 5.97 Å². The predicted molar refractivity (Wildman–Crippen MR) is 88.4 cm³/mol. The number of carboxylic acid groups (broad SMARTS) is 1. The van der Waals surface area contributed by atoms with Gasteiger partial charge in [-0.15, -0.1) is 0 Å². The molecule has 1 aliphatic heterocycles. The Morgan fingerprint density at radius 2 is 1.87 bits per heavy atom. The Labute approximate surface area is 137 Å². The van der Waals surface area contributed by atoms with E-state index >= 15 is 0 Å². The van der Waals surface area contributed by atoms with Crippen molar-refractivity contribution in [3.63, 3.8) is 0 Å². The van der Waals surface area contributed by atoms with Crippen molar-refractivity contribution in [2.75, 3.05) is 26.2 Å². The number of aromatic carboxylic acids is 1. The minimum absolute atomic E-state index is 0.0548. The topological polar surface area (TPSA) is 66.8 Å². The first-order chi connectivity index (χ1) is 11.1. The molecule has 2 rings (SSSR count). The average molecular weight is 319 g/mol. The average Bonchev–Trinajstić information content (AvgIpc) is 2.81. The monoisotopic (exact) mass is 319 g/mol. The number of Topliss-reactive ketones (excluding diaryl/α,β-unsaturated/α-hetero) is 1. The van der Waals surface area contributed by atoms with Crippen LogP contribution in [0.4, 0.5) is 0 Å². The van der Waals surface area contributed by atoms with E-state index in [9.17, 15) is 9.59 Å². The van der Waals surface area contributed by atoms with Crippen LogP contribution in [0.15, 0.2) is 18.2 Å². The van der Waals surface area contributed by atoms with Gasteiger partial charge in [0.05, 0.1) is 17.7 Å². The van der Waals surface area contributed by atoms with E-state index in [0.717, 1.165) is 19.6 Å². The summed E-state index contributed by atoms with van der Waals surface area (Å²) in [7, 11) is 0. The zero-order valence-electron chi connectivity index (χ0n) is 13.7. The van der Waals surface area contributed by atoms with Crippen LogP contribution in [0.25, 0.3) is 0 Å². The third-order valence-corrected chi connectivity index (χ3v) is 4.18. The Balaban J connectivity index is 2.06. The molecule has 5 heteroatoms. The maximum absolute atomic E-state index is 12.5. The normalized spacial score (nSPS) is 15.9. The molecule has 0 spiro atoms. The highest BCUT2D eigenvalue weighted by atomic mass is 16.5. The van der Waals surface area contributed by atoms with Crippen LogP contribution in [0.2, 0.25) is 0 Å². The van der Waals surface area contributed by atoms with E-state index in [4.69, 9.17) is 9.84 Å². The number of likely N-dealkylation sites (tertiary alicyclic amines) is 1. The van der Waals surface area contributed by atoms with Gasteiger partial charge >= 0.3 is 5.97 Å². The highest BCUT2D eigenvalue weighted by Gasteiger charge is 2.17. The Hall–Kier alpha value is -1.88. The van der Waals surface area contributed by atoms with E-state index in [1.54, 1.807) is 6.07 Å². The van der Waals surface area contributed by atoms with Gasteiger partial charge in [-0.2, -0.15) is 0 Å². The molecule has 1 aromatic carbocycles. The smallest absolute Gasteiger partial charge is 0.335 e. The molecule has 1 aromatic rings. The molecule has 0 aromatic heterocycles. The van der Waals surface area contributed by atoms with Gasteiger partial charge in [0.25, 0.3) is 0 Å². The van der Waals surface area contributed by atoms with Crippen molar-refractivity contribution in [1.29, 1.82) is 0 Å². The summed E-state index contributed by atoms with van der Waals surface area (Å²) in [5.74, 6) is -0.617. The van der Waals surface area contributed by atoms with Crippen molar-refractivity contribution in [2.45, 2.75) is 39.0 Å². The second kappa shape index (κ2) is 8.67. The number of ketones is 1. The van der Waals surface area contributed by atoms with E-state index in [-0.39, 0.29) is 11.3 Å². The second-order valence-electron chi connectivity index (χ2n) is 5.88. The van der Waals surface area contributed by atoms with Crippen molar-refractivity contribution in [1.82, 2.24) is 4.90 Å². The number of hydrogen-bond acceptors (Lipinski definition) is 4. The largest absolute Gasteiger partial charge is 0.493 e. The molecule has 5 nitrogen and oxygen atoms in total. The summed E-state index contributed by atoms with van der Waals surface area (Å²) in [4.78, 5) is 26.0. The lowest BCUT2D eigenvalue weighted by Crippen LogP contribution is -2.27. The van der Waals surface area contributed by atoms with Gasteiger partial charge < -0.3 is 14.7 Å². The molecule has 0 amide bonds. The fourth-order valence-electron chi connectivity index (χ4n) is 2.92. The van der Waals surface area contributed by atoms with Crippen LogP contribution in [0.3, 0.4) is 0 Å². The van der Waals surface area contributed by atoms with Gasteiger partial charge in [-0.3, -0.25) is 4.79 Å². The quantitative estimate of drug-likeness (QED) is 0.782. The van der Waals surface area contributed by atoms with E-state index in [1.165, 1.54) is 37.8 Å². The molecular formula is C18H25NO4. The zero-order valence-corrected chi connectivity index (χ0v) is 13.7. The summed E-state index contributed by atoms with van der Waals surface area (Å²) < 4.78 is 5.48. The summed E-state index contributed by atoms with van der Waals surface area (Å²) in [6.45, 7) is 5.10.